The molecule has 0 aromatic heterocycles. The fourth-order valence-electron chi connectivity index (χ4n) is 1.88. The van der Waals surface area contributed by atoms with Crippen molar-refractivity contribution in [3.05, 3.63) is 62.8 Å². The van der Waals surface area contributed by atoms with E-state index in [1.165, 1.54) is 12.1 Å². The molecule has 0 aliphatic carbocycles. The Morgan fingerprint density at radius 1 is 1.24 bits per heavy atom. The molecular weight excluding hydrogens is 357 g/mol. The molecule has 0 bridgehead atoms. The van der Waals surface area contributed by atoms with Crippen LogP contribution in [0, 0.1) is 5.82 Å². The molecule has 5 heteroatoms. The Balaban J connectivity index is 2.09. The third-order valence-electron chi connectivity index (χ3n) is 2.97. The van der Waals surface area contributed by atoms with E-state index in [1.54, 1.807) is 6.07 Å². The molecule has 1 N–H and O–H groups in total. The quantitative estimate of drug-likeness (QED) is 0.776. The van der Waals surface area contributed by atoms with Gasteiger partial charge in [-0.25, -0.2) is 4.39 Å². The van der Waals surface area contributed by atoms with Gasteiger partial charge in [0, 0.05) is 16.6 Å². The summed E-state index contributed by atoms with van der Waals surface area (Å²) in [6, 6.07) is 10.5. The number of nitrogens with one attached hydrogen (secondary N) is 1. The maximum Gasteiger partial charge on any atom is 0.142 e. The van der Waals surface area contributed by atoms with Crippen molar-refractivity contribution in [1.29, 1.82) is 0 Å². The molecule has 0 spiro atoms. The second-order valence-electron chi connectivity index (χ2n) is 4.57. The standard InChI is InChI=1S/C16H16BrClFNO/c1-2-20-9-12-8-13(17)4-6-16(12)21-10-11-3-5-14(18)15(19)7-11/h3-8,20H,2,9-10H2,1H3. The molecule has 21 heavy (non-hydrogen) atoms. The van der Waals surface area contributed by atoms with Gasteiger partial charge < -0.3 is 10.1 Å². The van der Waals surface area contributed by atoms with E-state index in [-0.39, 0.29) is 5.02 Å². The molecule has 0 aliphatic rings. The molecule has 2 aromatic rings. The highest BCUT2D eigenvalue weighted by molar-refractivity contribution is 9.10. The first kappa shape index (κ1) is 16.3. The monoisotopic (exact) mass is 371 g/mol. The zero-order valence-electron chi connectivity index (χ0n) is 11.6. The second-order valence-corrected chi connectivity index (χ2v) is 5.89. The summed E-state index contributed by atoms with van der Waals surface area (Å²) in [7, 11) is 0. The van der Waals surface area contributed by atoms with Crippen LogP contribution in [0.1, 0.15) is 18.1 Å². The number of ether oxygens (including phenoxy) is 1. The van der Waals surface area contributed by atoms with Crippen molar-refractivity contribution < 1.29 is 9.13 Å². The van der Waals surface area contributed by atoms with Crippen LogP contribution < -0.4 is 10.1 Å². The van der Waals surface area contributed by atoms with Crippen molar-refractivity contribution in [2.24, 2.45) is 0 Å². The number of hydrogen-bond donors (Lipinski definition) is 1. The van der Waals surface area contributed by atoms with E-state index < -0.39 is 5.82 Å². The SMILES string of the molecule is CCNCc1cc(Br)ccc1OCc1ccc(Cl)c(F)c1. The maximum absolute atomic E-state index is 13.4. The fraction of sp³-hybridized carbons (Fsp3) is 0.250. The van der Waals surface area contributed by atoms with Crippen molar-refractivity contribution in [1.82, 2.24) is 5.32 Å². The minimum atomic E-state index is -0.429. The summed E-state index contributed by atoms with van der Waals surface area (Å²) in [5, 5.41) is 3.39. The van der Waals surface area contributed by atoms with E-state index in [4.69, 9.17) is 16.3 Å². The van der Waals surface area contributed by atoms with Gasteiger partial charge in [-0.1, -0.05) is 40.5 Å². The minimum absolute atomic E-state index is 0.121. The first-order valence-corrected chi connectivity index (χ1v) is 7.83. The van der Waals surface area contributed by atoms with Crippen molar-refractivity contribution in [3.8, 4) is 5.75 Å². The molecular formula is C16H16BrClFNO. The highest BCUT2D eigenvalue weighted by Crippen LogP contribution is 2.24. The van der Waals surface area contributed by atoms with Gasteiger partial charge in [0.05, 0.1) is 5.02 Å². The van der Waals surface area contributed by atoms with Crippen LogP contribution in [0.15, 0.2) is 40.9 Å². The third kappa shape index (κ3) is 4.70. The van der Waals surface area contributed by atoms with Gasteiger partial charge in [0.15, 0.2) is 0 Å². The van der Waals surface area contributed by atoms with E-state index in [0.717, 1.165) is 34.4 Å². The smallest absolute Gasteiger partial charge is 0.142 e. The van der Waals surface area contributed by atoms with Gasteiger partial charge in [0.2, 0.25) is 0 Å². The molecule has 2 rings (SSSR count). The Labute approximate surface area is 137 Å². The lowest BCUT2D eigenvalue weighted by atomic mass is 10.2. The fourth-order valence-corrected chi connectivity index (χ4v) is 2.40. The second kappa shape index (κ2) is 7.78. The lowest BCUT2D eigenvalue weighted by Crippen LogP contribution is -2.13. The summed E-state index contributed by atoms with van der Waals surface area (Å²) in [6.45, 7) is 3.96. The summed E-state index contributed by atoms with van der Waals surface area (Å²) < 4.78 is 20.2. The number of benzene rings is 2. The number of halogens is 3. The molecule has 2 nitrogen and oxygen atoms in total. The van der Waals surface area contributed by atoms with E-state index in [1.807, 2.05) is 18.2 Å². The van der Waals surface area contributed by atoms with Gasteiger partial charge in [0.1, 0.15) is 18.2 Å². The summed E-state index contributed by atoms with van der Waals surface area (Å²) in [5.74, 6) is 0.357. The van der Waals surface area contributed by atoms with Crippen molar-refractivity contribution in [3.63, 3.8) is 0 Å². The summed E-state index contributed by atoms with van der Waals surface area (Å²) in [6.07, 6.45) is 0. The molecule has 0 saturated carbocycles. The van der Waals surface area contributed by atoms with E-state index in [0.29, 0.717) is 6.61 Å². The normalized spacial score (nSPS) is 10.7. The zero-order valence-corrected chi connectivity index (χ0v) is 14.0. The van der Waals surface area contributed by atoms with Crippen LogP contribution in [0.5, 0.6) is 5.75 Å². The summed E-state index contributed by atoms with van der Waals surface area (Å²) in [5.41, 5.74) is 1.80. The van der Waals surface area contributed by atoms with Crippen molar-refractivity contribution in [2.45, 2.75) is 20.1 Å². The van der Waals surface area contributed by atoms with Crippen LogP contribution in [0.4, 0.5) is 4.39 Å². The van der Waals surface area contributed by atoms with Gasteiger partial charge in [-0.2, -0.15) is 0 Å². The van der Waals surface area contributed by atoms with Crippen LogP contribution >= 0.6 is 27.5 Å². The number of hydrogen-bond acceptors (Lipinski definition) is 2. The first-order valence-electron chi connectivity index (χ1n) is 6.66. The Bertz CT molecular complexity index is 621. The van der Waals surface area contributed by atoms with Crippen molar-refractivity contribution >= 4 is 27.5 Å². The molecule has 0 amide bonds. The number of rotatable bonds is 6. The third-order valence-corrected chi connectivity index (χ3v) is 3.77. The summed E-state index contributed by atoms with van der Waals surface area (Å²) >= 11 is 9.12. The van der Waals surface area contributed by atoms with Gasteiger partial charge >= 0.3 is 0 Å². The minimum Gasteiger partial charge on any atom is -0.489 e. The van der Waals surface area contributed by atoms with E-state index in [2.05, 4.69) is 28.2 Å². The van der Waals surface area contributed by atoms with Gasteiger partial charge in [0.25, 0.3) is 0 Å². The average Bonchev–Trinajstić information content (AvgIpc) is 2.47. The molecule has 112 valence electrons. The van der Waals surface area contributed by atoms with Crippen molar-refractivity contribution in [2.75, 3.05) is 6.54 Å². The molecule has 0 atom stereocenters. The van der Waals surface area contributed by atoms with Gasteiger partial charge in [-0.05, 0) is 42.4 Å². The van der Waals surface area contributed by atoms with Crippen LogP contribution in [0.3, 0.4) is 0 Å². The van der Waals surface area contributed by atoms with E-state index in [9.17, 15) is 4.39 Å². The topological polar surface area (TPSA) is 21.3 Å². The zero-order chi connectivity index (χ0) is 15.2. The molecule has 2 aromatic carbocycles. The molecule has 0 fully saturated rings. The average molecular weight is 373 g/mol. The predicted molar refractivity (Wildman–Crippen MR) is 87.3 cm³/mol. The van der Waals surface area contributed by atoms with Crippen LogP contribution in [0.2, 0.25) is 5.02 Å². The molecule has 0 unspecified atom stereocenters. The highest BCUT2D eigenvalue weighted by atomic mass is 79.9. The summed E-state index contributed by atoms with van der Waals surface area (Å²) in [4.78, 5) is 0. The van der Waals surface area contributed by atoms with Gasteiger partial charge in [-0.15, -0.1) is 0 Å². The Morgan fingerprint density at radius 2 is 2.05 bits per heavy atom. The predicted octanol–water partition coefficient (Wildman–Crippen LogP) is 4.93. The largest absolute Gasteiger partial charge is 0.489 e. The molecule has 0 saturated heterocycles. The first-order chi connectivity index (χ1) is 10.1. The lowest BCUT2D eigenvalue weighted by molar-refractivity contribution is 0.301. The van der Waals surface area contributed by atoms with E-state index >= 15 is 0 Å². The lowest BCUT2D eigenvalue weighted by Gasteiger charge is -2.12. The maximum atomic E-state index is 13.4. The van der Waals surface area contributed by atoms with Crippen LogP contribution in [-0.4, -0.2) is 6.54 Å². The van der Waals surface area contributed by atoms with Crippen LogP contribution in [0.25, 0.3) is 0 Å². The highest BCUT2D eigenvalue weighted by Gasteiger charge is 2.06. The Kier molecular flexibility index (Phi) is 6.03. The molecule has 0 heterocycles. The Morgan fingerprint density at radius 3 is 2.76 bits per heavy atom. The Hall–Kier alpha value is -1.10. The molecule has 0 radical (unpaired) electrons. The van der Waals surface area contributed by atoms with Crippen LogP contribution in [-0.2, 0) is 13.2 Å². The molecule has 0 aliphatic heterocycles. The van der Waals surface area contributed by atoms with Gasteiger partial charge in [-0.3, -0.25) is 0 Å².